The van der Waals surface area contributed by atoms with Gasteiger partial charge in [0.2, 0.25) is 0 Å². The van der Waals surface area contributed by atoms with Crippen molar-refractivity contribution in [2.24, 2.45) is 7.05 Å². The van der Waals surface area contributed by atoms with Crippen LogP contribution in [-0.2, 0) is 18.3 Å². The lowest BCUT2D eigenvalue weighted by molar-refractivity contribution is -0.274. The first-order valence-corrected chi connectivity index (χ1v) is 6.35. The molecule has 0 unspecified atom stereocenters. The number of ether oxygens (including phenoxy) is 1. The van der Waals surface area contributed by atoms with Gasteiger partial charge in [-0.15, -0.1) is 13.2 Å². The number of rotatable bonds is 5. The molecule has 0 aliphatic rings. The highest BCUT2D eigenvalue weighted by molar-refractivity contribution is 5.67. The number of halogens is 3. The molecule has 0 amide bonds. The van der Waals surface area contributed by atoms with E-state index in [-0.39, 0.29) is 12.2 Å². The van der Waals surface area contributed by atoms with E-state index in [2.05, 4.69) is 9.84 Å². The van der Waals surface area contributed by atoms with Crippen molar-refractivity contribution in [3.05, 3.63) is 36.0 Å². The molecule has 0 atom stereocenters. The minimum Gasteiger partial charge on any atom is -0.481 e. The maximum atomic E-state index is 12.1. The van der Waals surface area contributed by atoms with E-state index in [1.807, 2.05) is 0 Å². The van der Waals surface area contributed by atoms with Gasteiger partial charge in [-0.05, 0) is 36.8 Å². The molecule has 0 bridgehead atoms. The number of carboxylic acids is 1. The van der Waals surface area contributed by atoms with Crippen molar-refractivity contribution in [1.82, 2.24) is 9.78 Å². The van der Waals surface area contributed by atoms with Crippen molar-refractivity contribution < 1.29 is 27.8 Å². The largest absolute Gasteiger partial charge is 0.573 e. The highest BCUT2D eigenvalue weighted by atomic mass is 19.4. The molecule has 0 spiro atoms. The quantitative estimate of drug-likeness (QED) is 0.921. The molecular formula is C14H13F3N2O3. The van der Waals surface area contributed by atoms with Crippen LogP contribution in [0.4, 0.5) is 13.2 Å². The monoisotopic (exact) mass is 314 g/mol. The van der Waals surface area contributed by atoms with E-state index in [4.69, 9.17) is 5.11 Å². The van der Waals surface area contributed by atoms with Gasteiger partial charge in [0.1, 0.15) is 5.75 Å². The normalized spacial score (nSPS) is 11.5. The third kappa shape index (κ3) is 4.24. The molecule has 1 heterocycles. The van der Waals surface area contributed by atoms with Crippen LogP contribution in [-0.4, -0.2) is 27.2 Å². The van der Waals surface area contributed by atoms with Gasteiger partial charge in [0, 0.05) is 18.3 Å². The standard InChI is InChI=1S/C14H13F3N2O3/c1-19-10(4-7-13(20)21)8-12(18-19)9-2-5-11(6-3-9)22-14(15,16)17/h2-3,5-6,8H,4,7H2,1H3,(H,20,21). The number of alkyl halides is 3. The van der Waals surface area contributed by atoms with Gasteiger partial charge >= 0.3 is 12.3 Å². The number of benzene rings is 1. The number of carbonyl (C=O) groups is 1. The zero-order valence-corrected chi connectivity index (χ0v) is 11.6. The van der Waals surface area contributed by atoms with Gasteiger partial charge in [-0.3, -0.25) is 9.48 Å². The Morgan fingerprint density at radius 1 is 1.32 bits per heavy atom. The summed E-state index contributed by atoms with van der Waals surface area (Å²) < 4.78 is 41.6. The van der Waals surface area contributed by atoms with E-state index < -0.39 is 12.3 Å². The topological polar surface area (TPSA) is 64.4 Å². The van der Waals surface area contributed by atoms with Crippen LogP contribution in [0.5, 0.6) is 5.75 Å². The van der Waals surface area contributed by atoms with Crippen LogP contribution in [0.2, 0.25) is 0 Å². The number of aliphatic carboxylic acids is 1. The van der Waals surface area contributed by atoms with Gasteiger partial charge in [-0.2, -0.15) is 5.10 Å². The first-order valence-electron chi connectivity index (χ1n) is 6.35. The number of hydrogen-bond donors (Lipinski definition) is 1. The lowest BCUT2D eigenvalue weighted by Crippen LogP contribution is -2.16. The molecule has 8 heteroatoms. The van der Waals surface area contributed by atoms with Crippen molar-refractivity contribution in [2.75, 3.05) is 0 Å². The Hall–Kier alpha value is -2.51. The molecule has 22 heavy (non-hydrogen) atoms. The van der Waals surface area contributed by atoms with Gasteiger partial charge in [0.25, 0.3) is 0 Å². The minimum atomic E-state index is -4.73. The van der Waals surface area contributed by atoms with Crippen molar-refractivity contribution >= 4 is 5.97 Å². The number of hydrogen-bond acceptors (Lipinski definition) is 3. The summed E-state index contributed by atoms with van der Waals surface area (Å²) in [6.07, 6.45) is -4.41. The fraction of sp³-hybridized carbons (Fsp3) is 0.286. The highest BCUT2D eigenvalue weighted by Gasteiger charge is 2.31. The molecule has 0 radical (unpaired) electrons. The molecule has 1 N–H and O–H groups in total. The van der Waals surface area contributed by atoms with Crippen LogP contribution in [0.1, 0.15) is 12.1 Å². The summed E-state index contributed by atoms with van der Waals surface area (Å²) in [5.41, 5.74) is 1.90. The van der Waals surface area contributed by atoms with E-state index in [9.17, 15) is 18.0 Å². The van der Waals surface area contributed by atoms with Crippen molar-refractivity contribution in [3.8, 4) is 17.0 Å². The molecule has 2 aromatic rings. The van der Waals surface area contributed by atoms with E-state index in [1.165, 1.54) is 24.3 Å². The average molecular weight is 314 g/mol. The van der Waals surface area contributed by atoms with E-state index in [0.29, 0.717) is 17.7 Å². The lowest BCUT2D eigenvalue weighted by Gasteiger charge is -2.08. The van der Waals surface area contributed by atoms with E-state index in [1.54, 1.807) is 17.8 Å². The smallest absolute Gasteiger partial charge is 0.481 e. The molecule has 0 saturated heterocycles. The molecule has 1 aromatic heterocycles. The van der Waals surface area contributed by atoms with Gasteiger partial charge in [0.15, 0.2) is 0 Å². The molecule has 5 nitrogen and oxygen atoms in total. The van der Waals surface area contributed by atoms with Gasteiger partial charge in [0.05, 0.1) is 12.1 Å². The maximum absolute atomic E-state index is 12.1. The van der Waals surface area contributed by atoms with Gasteiger partial charge in [-0.25, -0.2) is 0 Å². The Labute approximate surface area is 123 Å². The summed E-state index contributed by atoms with van der Waals surface area (Å²) in [4.78, 5) is 10.6. The zero-order valence-electron chi connectivity index (χ0n) is 11.6. The van der Waals surface area contributed by atoms with Gasteiger partial charge < -0.3 is 9.84 Å². The Morgan fingerprint density at radius 2 is 1.95 bits per heavy atom. The van der Waals surface area contributed by atoms with Crippen LogP contribution in [0, 0.1) is 0 Å². The summed E-state index contributed by atoms with van der Waals surface area (Å²) in [6, 6.07) is 7.04. The molecule has 1 aromatic carbocycles. The number of aryl methyl sites for hydroxylation is 2. The molecule has 0 saturated carbocycles. The minimum absolute atomic E-state index is 0.0165. The maximum Gasteiger partial charge on any atom is 0.573 e. The Balaban J connectivity index is 2.15. The summed E-state index contributed by atoms with van der Waals surface area (Å²) >= 11 is 0. The molecular weight excluding hydrogens is 301 g/mol. The summed E-state index contributed by atoms with van der Waals surface area (Å²) in [6.45, 7) is 0. The van der Waals surface area contributed by atoms with Crippen molar-refractivity contribution in [3.63, 3.8) is 0 Å². The number of nitrogens with zero attached hydrogens (tertiary/aromatic N) is 2. The SMILES string of the molecule is Cn1nc(-c2ccc(OC(F)(F)F)cc2)cc1CCC(=O)O. The first kappa shape index (κ1) is 15.9. The predicted octanol–water partition coefficient (Wildman–Crippen LogP) is 3.00. The summed E-state index contributed by atoms with van der Waals surface area (Å²) in [5.74, 6) is -1.21. The highest BCUT2D eigenvalue weighted by Crippen LogP contribution is 2.26. The molecule has 2 rings (SSSR count). The zero-order chi connectivity index (χ0) is 16.3. The summed E-state index contributed by atoms with van der Waals surface area (Å²) in [7, 11) is 1.68. The van der Waals surface area contributed by atoms with Crippen molar-refractivity contribution in [1.29, 1.82) is 0 Å². The second-order valence-electron chi connectivity index (χ2n) is 4.61. The molecule has 0 fully saturated rings. The predicted molar refractivity (Wildman–Crippen MR) is 71.3 cm³/mol. The lowest BCUT2D eigenvalue weighted by atomic mass is 10.1. The van der Waals surface area contributed by atoms with Crippen LogP contribution in [0.3, 0.4) is 0 Å². The fourth-order valence-electron chi connectivity index (χ4n) is 1.94. The van der Waals surface area contributed by atoms with Crippen LogP contribution >= 0.6 is 0 Å². The van der Waals surface area contributed by atoms with Gasteiger partial charge in [-0.1, -0.05) is 0 Å². The van der Waals surface area contributed by atoms with Crippen LogP contribution in [0.25, 0.3) is 11.3 Å². The first-order chi connectivity index (χ1) is 10.2. The van der Waals surface area contributed by atoms with E-state index >= 15 is 0 Å². The van der Waals surface area contributed by atoms with Crippen LogP contribution in [0.15, 0.2) is 30.3 Å². The van der Waals surface area contributed by atoms with Crippen LogP contribution < -0.4 is 4.74 Å². The Bertz CT molecular complexity index is 663. The molecule has 0 aliphatic carbocycles. The average Bonchev–Trinajstić information content (AvgIpc) is 2.77. The third-order valence-corrected chi connectivity index (χ3v) is 2.96. The third-order valence-electron chi connectivity index (χ3n) is 2.96. The second kappa shape index (κ2) is 6.08. The number of aromatic nitrogens is 2. The Morgan fingerprint density at radius 3 is 2.50 bits per heavy atom. The summed E-state index contributed by atoms with van der Waals surface area (Å²) in [5, 5.41) is 12.9. The molecule has 0 aliphatic heterocycles. The number of carboxylic acid groups (broad SMARTS) is 1. The molecule has 118 valence electrons. The van der Waals surface area contributed by atoms with E-state index in [0.717, 1.165) is 5.69 Å². The van der Waals surface area contributed by atoms with Crippen molar-refractivity contribution in [2.45, 2.75) is 19.2 Å². The fourth-order valence-corrected chi connectivity index (χ4v) is 1.94. The Kier molecular flexibility index (Phi) is 4.39. The second-order valence-corrected chi connectivity index (χ2v) is 4.61.